The first-order valence-electron chi connectivity index (χ1n) is 12.6. The summed E-state index contributed by atoms with van der Waals surface area (Å²) in [6, 6.07) is 27.4. The molecule has 0 bridgehead atoms. The number of carbonyl (C=O) groups excluding carboxylic acids is 1. The Bertz CT molecular complexity index is 1570. The van der Waals surface area contributed by atoms with E-state index in [4.69, 9.17) is 9.47 Å². The van der Waals surface area contributed by atoms with Gasteiger partial charge in [0.25, 0.3) is 10.0 Å². The number of hydrogen-bond acceptors (Lipinski definition) is 6. The number of benzene rings is 4. The normalized spacial score (nSPS) is 11.1. The van der Waals surface area contributed by atoms with Crippen LogP contribution < -0.4 is 19.1 Å². The molecule has 0 saturated carbocycles. The summed E-state index contributed by atoms with van der Waals surface area (Å²) in [5.41, 5.74) is 4.00. The lowest BCUT2D eigenvalue weighted by Crippen LogP contribution is -2.38. The van der Waals surface area contributed by atoms with E-state index in [0.29, 0.717) is 17.1 Å². The average molecular weight is 577 g/mol. The van der Waals surface area contributed by atoms with Gasteiger partial charge in [-0.2, -0.15) is 0 Å². The Morgan fingerprint density at radius 3 is 2.20 bits per heavy atom. The molecule has 4 rings (SSSR count). The zero-order valence-corrected chi connectivity index (χ0v) is 24.5. The summed E-state index contributed by atoms with van der Waals surface area (Å²) in [7, 11) is -1.21. The molecule has 208 valence electrons. The molecule has 0 aliphatic carbocycles. The molecular formula is C31H32N2O5S2. The minimum absolute atomic E-state index is 0.0185. The number of nitrogens with zero attached hydrogens (tertiary/aromatic N) is 1. The highest BCUT2D eigenvalue weighted by atomic mass is 32.2. The second-order valence-electron chi connectivity index (χ2n) is 9.16. The molecule has 0 radical (unpaired) electrons. The number of sulfonamides is 1. The minimum atomic E-state index is -4.13. The molecule has 4 aromatic carbocycles. The molecule has 0 aromatic heterocycles. The molecule has 0 aliphatic rings. The third-order valence-corrected chi connectivity index (χ3v) is 9.12. The number of methoxy groups -OCH3 is 2. The maximum absolute atomic E-state index is 13.8. The first-order chi connectivity index (χ1) is 19.2. The van der Waals surface area contributed by atoms with Crippen LogP contribution in [0.2, 0.25) is 0 Å². The van der Waals surface area contributed by atoms with Gasteiger partial charge in [-0.25, -0.2) is 8.42 Å². The molecule has 0 heterocycles. The van der Waals surface area contributed by atoms with E-state index in [1.165, 1.54) is 37.3 Å². The highest BCUT2D eigenvalue weighted by Gasteiger charge is 2.28. The van der Waals surface area contributed by atoms with Crippen molar-refractivity contribution in [2.75, 3.05) is 30.4 Å². The molecule has 9 heteroatoms. The lowest BCUT2D eigenvalue weighted by molar-refractivity contribution is -0.114. The van der Waals surface area contributed by atoms with Crippen LogP contribution in [-0.2, 0) is 20.6 Å². The lowest BCUT2D eigenvalue weighted by Gasteiger charge is -2.25. The Kier molecular flexibility index (Phi) is 9.39. The minimum Gasteiger partial charge on any atom is -0.493 e. The number of carbonyl (C=O) groups is 1. The average Bonchev–Trinajstić information content (AvgIpc) is 2.96. The predicted octanol–water partition coefficient (Wildman–Crippen LogP) is 6.45. The van der Waals surface area contributed by atoms with Gasteiger partial charge in [-0.3, -0.25) is 9.10 Å². The molecule has 0 atom stereocenters. The Morgan fingerprint density at radius 2 is 1.55 bits per heavy atom. The van der Waals surface area contributed by atoms with E-state index in [2.05, 4.69) is 17.4 Å². The van der Waals surface area contributed by atoms with Gasteiger partial charge in [-0.05, 0) is 67.4 Å². The summed E-state index contributed by atoms with van der Waals surface area (Å²) in [4.78, 5) is 14.4. The topological polar surface area (TPSA) is 84.9 Å². The maximum Gasteiger partial charge on any atom is 0.264 e. The van der Waals surface area contributed by atoms with Crippen molar-refractivity contribution in [3.8, 4) is 11.5 Å². The standard InChI is InChI=1S/C31H32N2O5S2/c1-22-10-13-25(14-11-22)33(40(35,36)27-15-17-29(37-3)30(19-27)38-4)20-31(34)32-28-16-12-24(18-23(28)2)21-39-26-8-6-5-7-9-26/h5-19H,20-21H2,1-4H3,(H,32,34). The molecule has 7 nitrogen and oxygen atoms in total. The number of anilines is 2. The van der Waals surface area contributed by atoms with Crippen molar-refractivity contribution in [1.82, 2.24) is 0 Å². The van der Waals surface area contributed by atoms with Gasteiger partial charge in [-0.15, -0.1) is 11.8 Å². The Labute approximate surface area is 240 Å². The highest BCUT2D eigenvalue weighted by molar-refractivity contribution is 7.98. The molecule has 0 aliphatic heterocycles. The second kappa shape index (κ2) is 12.9. The van der Waals surface area contributed by atoms with E-state index >= 15 is 0 Å². The number of hydrogen-bond donors (Lipinski definition) is 1. The van der Waals surface area contributed by atoms with Gasteiger partial charge < -0.3 is 14.8 Å². The van der Waals surface area contributed by atoms with Gasteiger partial charge in [0.05, 0.1) is 24.8 Å². The van der Waals surface area contributed by atoms with E-state index in [9.17, 15) is 13.2 Å². The molecule has 40 heavy (non-hydrogen) atoms. The van der Waals surface area contributed by atoms with Gasteiger partial charge in [-0.1, -0.05) is 48.0 Å². The largest absolute Gasteiger partial charge is 0.493 e. The van der Waals surface area contributed by atoms with Crippen LogP contribution in [0.1, 0.15) is 16.7 Å². The van der Waals surface area contributed by atoms with Gasteiger partial charge in [0.15, 0.2) is 11.5 Å². The molecule has 0 unspecified atom stereocenters. The van der Waals surface area contributed by atoms with Crippen molar-refractivity contribution in [2.45, 2.75) is 29.4 Å². The van der Waals surface area contributed by atoms with E-state index in [1.807, 2.05) is 50.2 Å². The third-order valence-electron chi connectivity index (χ3n) is 6.27. The quantitative estimate of drug-likeness (QED) is 0.207. The third kappa shape index (κ3) is 6.97. The number of rotatable bonds is 11. The summed E-state index contributed by atoms with van der Waals surface area (Å²) in [5.74, 6) is 1.02. The monoisotopic (exact) mass is 576 g/mol. The molecule has 0 saturated heterocycles. The fourth-order valence-corrected chi connectivity index (χ4v) is 6.39. The van der Waals surface area contributed by atoms with Crippen molar-refractivity contribution in [3.63, 3.8) is 0 Å². The number of aryl methyl sites for hydroxylation is 2. The first kappa shape index (κ1) is 29.0. The van der Waals surface area contributed by atoms with Crippen LogP contribution in [0.3, 0.4) is 0 Å². The predicted molar refractivity (Wildman–Crippen MR) is 161 cm³/mol. The van der Waals surface area contributed by atoms with Crippen molar-refractivity contribution in [2.24, 2.45) is 0 Å². The number of thioether (sulfide) groups is 1. The van der Waals surface area contributed by atoms with Gasteiger partial charge >= 0.3 is 0 Å². The number of ether oxygens (including phenoxy) is 2. The second-order valence-corrected chi connectivity index (χ2v) is 12.1. The van der Waals surface area contributed by atoms with Crippen molar-refractivity contribution in [1.29, 1.82) is 0 Å². The summed E-state index contributed by atoms with van der Waals surface area (Å²) in [5, 5.41) is 2.89. The van der Waals surface area contributed by atoms with Crippen LogP contribution in [0.15, 0.2) is 101 Å². The zero-order chi connectivity index (χ0) is 28.7. The lowest BCUT2D eigenvalue weighted by atomic mass is 10.1. The summed E-state index contributed by atoms with van der Waals surface area (Å²) >= 11 is 1.74. The Morgan fingerprint density at radius 1 is 0.850 bits per heavy atom. The van der Waals surface area contributed by atoms with E-state index in [-0.39, 0.29) is 10.6 Å². The van der Waals surface area contributed by atoms with Crippen molar-refractivity contribution in [3.05, 3.63) is 108 Å². The highest BCUT2D eigenvalue weighted by Crippen LogP contribution is 2.32. The molecule has 0 spiro atoms. The molecular weight excluding hydrogens is 544 g/mol. The van der Waals surface area contributed by atoms with E-state index in [1.54, 1.807) is 36.0 Å². The Hall–Kier alpha value is -3.95. The van der Waals surface area contributed by atoms with Crippen LogP contribution >= 0.6 is 11.8 Å². The van der Waals surface area contributed by atoms with Crippen LogP contribution in [0.5, 0.6) is 11.5 Å². The van der Waals surface area contributed by atoms with Gasteiger partial charge in [0.2, 0.25) is 5.91 Å². The van der Waals surface area contributed by atoms with Crippen molar-refractivity contribution < 1.29 is 22.7 Å². The summed E-state index contributed by atoms with van der Waals surface area (Å²) in [6.45, 7) is 3.42. The molecule has 1 amide bonds. The SMILES string of the molecule is COc1ccc(S(=O)(=O)N(CC(=O)Nc2ccc(CSc3ccccc3)cc2C)c2ccc(C)cc2)cc1OC. The van der Waals surface area contributed by atoms with Crippen LogP contribution in [0.25, 0.3) is 0 Å². The molecule has 4 aromatic rings. The smallest absolute Gasteiger partial charge is 0.264 e. The van der Waals surface area contributed by atoms with Gasteiger partial charge in [0.1, 0.15) is 6.54 Å². The summed E-state index contributed by atoms with van der Waals surface area (Å²) < 4.78 is 39.3. The molecule has 0 fully saturated rings. The fraction of sp³-hybridized carbons (Fsp3) is 0.194. The number of amides is 1. The molecule has 1 N–H and O–H groups in total. The van der Waals surface area contributed by atoms with Crippen molar-refractivity contribution >= 4 is 39.1 Å². The van der Waals surface area contributed by atoms with Crippen LogP contribution in [0, 0.1) is 13.8 Å². The van der Waals surface area contributed by atoms with E-state index in [0.717, 1.165) is 26.7 Å². The summed E-state index contributed by atoms with van der Waals surface area (Å²) in [6.07, 6.45) is 0. The van der Waals surface area contributed by atoms with Crippen LogP contribution in [-0.4, -0.2) is 35.1 Å². The maximum atomic E-state index is 13.8. The Balaban J connectivity index is 1.55. The zero-order valence-electron chi connectivity index (χ0n) is 22.9. The van der Waals surface area contributed by atoms with Gasteiger partial charge in [0, 0.05) is 22.4 Å². The fourth-order valence-electron chi connectivity index (χ4n) is 4.09. The van der Waals surface area contributed by atoms with E-state index < -0.39 is 22.5 Å². The number of nitrogens with one attached hydrogen (secondary N) is 1. The van der Waals surface area contributed by atoms with Crippen LogP contribution in [0.4, 0.5) is 11.4 Å². The first-order valence-corrected chi connectivity index (χ1v) is 15.0.